The fraction of sp³-hybridized carbons (Fsp3) is 0.207. The van der Waals surface area contributed by atoms with Crippen LogP contribution in [0.5, 0.6) is 5.75 Å². The summed E-state index contributed by atoms with van der Waals surface area (Å²) in [7, 11) is 0. The van der Waals surface area contributed by atoms with Gasteiger partial charge in [-0.2, -0.15) is 0 Å². The van der Waals surface area contributed by atoms with E-state index in [4.69, 9.17) is 4.74 Å². The molecule has 0 atom stereocenters. The predicted octanol–water partition coefficient (Wildman–Crippen LogP) is 6.08. The van der Waals surface area contributed by atoms with E-state index in [0.29, 0.717) is 17.7 Å². The molecular weight excluding hydrogens is 396 g/mol. The largest absolute Gasteiger partial charge is 0.508 e. The number of aromatic hydroxyl groups is 1. The summed E-state index contributed by atoms with van der Waals surface area (Å²) in [6.45, 7) is 6.61. The molecule has 0 aromatic heterocycles. The molecule has 1 aliphatic carbocycles. The first kappa shape index (κ1) is 21.5. The second-order valence-electron chi connectivity index (χ2n) is 8.53. The van der Waals surface area contributed by atoms with Crippen molar-refractivity contribution in [1.82, 2.24) is 0 Å². The lowest BCUT2D eigenvalue weighted by Crippen LogP contribution is -2.21. The Bertz CT molecular complexity index is 1250. The smallest absolute Gasteiger partial charge is 0.339 e. The second-order valence-corrected chi connectivity index (χ2v) is 8.53. The Kier molecular flexibility index (Phi) is 5.88. The second kappa shape index (κ2) is 8.77. The van der Waals surface area contributed by atoms with Gasteiger partial charge in [0.25, 0.3) is 0 Å². The summed E-state index contributed by atoms with van der Waals surface area (Å²) in [5.74, 6) is 6.28. The van der Waals surface area contributed by atoms with E-state index in [9.17, 15) is 9.90 Å². The molecule has 0 saturated carbocycles. The minimum Gasteiger partial charge on any atom is -0.508 e. The van der Waals surface area contributed by atoms with Gasteiger partial charge in [-0.05, 0) is 77.4 Å². The van der Waals surface area contributed by atoms with Gasteiger partial charge >= 0.3 is 5.97 Å². The van der Waals surface area contributed by atoms with E-state index < -0.39 is 0 Å². The van der Waals surface area contributed by atoms with E-state index in [-0.39, 0.29) is 17.1 Å². The van der Waals surface area contributed by atoms with Gasteiger partial charge in [-0.3, -0.25) is 0 Å². The van der Waals surface area contributed by atoms with E-state index in [1.165, 1.54) is 5.56 Å². The maximum Gasteiger partial charge on any atom is 0.339 e. The first-order valence-corrected chi connectivity index (χ1v) is 10.8. The highest BCUT2D eigenvalue weighted by Gasteiger charge is 2.28. The molecule has 0 amide bonds. The van der Waals surface area contributed by atoms with Crippen molar-refractivity contribution in [2.75, 3.05) is 6.61 Å². The van der Waals surface area contributed by atoms with E-state index in [1.807, 2.05) is 36.4 Å². The summed E-state index contributed by atoms with van der Waals surface area (Å²) in [4.78, 5) is 12.2. The van der Waals surface area contributed by atoms with Crippen molar-refractivity contribution in [2.24, 2.45) is 0 Å². The number of carbonyl (C=O) groups excluding carboxylic acids is 1. The molecule has 0 heterocycles. The summed E-state index contributed by atoms with van der Waals surface area (Å²) >= 11 is 0. The standard InChI is InChI=1S/C29H26O3/c1-4-32-28(31)25-8-6-5-7-21(25)11-9-20-10-16-27-26(19-20)24(17-18-29(27,2)3)22-12-14-23(30)15-13-22/h5-8,10,12-17,19,30H,4,18H2,1-3H3. The van der Waals surface area contributed by atoms with Crippen LogP contribution in [0.1, 0.15) is 65.4 Å². The summed E-state index contributed by atoms with van der Waals surface area (Å²) in [6.07, 6.45) is 3.20. The van der Waals surface area contributed by atoms with Gasteiger partial charge in [-0.25, -0.2) is 4.79 Å². The highest BCUT2D eigenvalue weighted by Crippen LogP contribution is 2.41. The third-order valence-corrected chi connectivity index (χ3v) is 5.80. The number of phenolic OH excluding ortho intramolecular Hbond substituents is 1. The van der Waals surface area contributed by atoms with Crippen molar-refractivity contribution in [2.45, 2.75) is 32.6 Å². The number of benzene rings is 3. The Morgan fingerprint density at radius 1 is 1.03 bits per heavy atom. The lowest BCUT2D eigenvalue weighted by atomic mass is 9.72. The van der Waals surface area contributed by atoms with Gasteiger partial charge in [-0.1, -0.05) is 62.1 Å². The van der Waals surface area contributed by atoms with Crippen LogP contribution in [0.25, 0.3) is 5.57 Å². The molecule has 160 valence electrons. The fourth-order valence-corrected chi connectivity index (χ4v) is 4.04. The first-order valence-electron chi connectivity index (χ1n) is 10.8. The zero-order valence-electron chi connectivity index (χ0n) is 18.6. The van der Waals surface area contributed by atoms with Crippen molar-refractivity contribution >= 4 is 11.5 Å². The number of hydrogen-bond acceptors (Lipinski definition) is 3. The Balaban J connectivity index is 1.75. The van der Waals surface area contributed by atoms with Crippen LogP contribution in [0, 0.1) is 11.8 Å². The molecule has 32 heavy (non-hydrogen) atoms. The fourth-order valence-electron chi connectivity index (χ4n) is 4.04. The van der Waals surface area contributed by atoms with E-state index in [1.54, 1.807) is 25.1 Å². The molecule has 0 aliphatic heterocycles. The van der Waals surface area contributed by atoms with E-state index in [2.05, 4.69) is 43.9 Å². The zero-order valence-corrected chi connectivity index (χ0v) is 18.6. The molecule has 4 rings (SSSR count). The molecule has 3 heteroatoms. The maximum absolute atomic E-state index is 12.2. The summed E-state index contributed by atoms with van der Waals surface area (Å²) < 4.78 is 5.16. The van der Waals surface area contributed by atoms with Crippen LogP contribution in [0.4, 0.5) is 0 Å². The average molecular weight is 423 g/mol. The minimum atomic E-state index is -0.359. The quantitative estimate of drug-likeness (QED) is 0.411. The van der Waals surface area contributed by atoms with E-state index in [0.717, 1.165) is 28.7 Å². The number of fused-ring (bicyclic) bond motifs is 1. The third-order valence-electron chi connectivity index (χ3n) is 5.80. The molecule has 0 bridgehead atoms. The molecule has 1 N–H and O–H groups in total. The number of rotatable bonds is 3. The molecule has 3 nitrogen and oxygen atoms in total. The lowest BCUT2D eigenvalue weighted by molar-refractivity contribution is 0.0526. The molecular formula is C29H26O3. The van der Waals surface area contributed by atoms with Gasteiger partial charge in [0.05, 0.1) is 12.2 Å². The Labute approximate surface area is 189 Å². The van der Waals surface area contributed by atoms with Crippen molar-refractivity contribution < 1.29 is 14.6 Å². The number of allylic oxidation sites excluding steroid dienone is 1. The molecule has 0 unspecified atom stereocenters. The number of carbonyl (C=O) groups is 1. The predicted molar refractivity (Wildman–Crippen MR) is 128 cm³/mol. The van der Waals surface area contributed by atoms with Crippen molar-refractivity contribution in [3.05, 3.63) is 106 Å². The van der Waals surface area contributed by atoms with Crippen molar-refractivity contribution in [3.8, 4) is 17.6 Å². The van der Waals surface area contributed by atoms with Gasteiger partial charge in [0.1, 0.15) is 5.75 Å². The summed E-state index contributed by atoms with van der Waals surface area (Å²) in [5, 5.41) is 9.68. The lowest BCUT2D eigenvalue weighted by Gasteiger charge is -2.32. The van der Waals surface area contributed by atoms with Gasteiger partial charge in [-0.15, -0.1) is 0 Å². The van der Waals surface area contributed by atoms with Gasteiger partial charge in [0.15, 0.2) is 0 Å². The Morgan fingerprint density at radius 2 is 1.78 bits per heavy atom. The SMILES string of the molecule is CCOC(=O)c1ccccc1C#Cc1ccc2c(c1)C(c1ccc(O)cc1)=CCC2(C)C. The average Bonchev–Trinajstić information content (AvgIpc) is 2.79. The van der Waals surface area contributed by atoms with E-state index >= 15 is 0 Å². The van der Waals surface area contributed by atoms with Gasteiger partial charge < -0.3 is 9.84 Å². The topological polar surface area (TPSA) is 46.5 Å². The highest BCUT2D eigenvalue weighted by molar-refractivity contribution is 5.92. The van der Waals surface area contributed by atoms with Crippen LogP contribution in [-0.2, 0) is 10.2 Å². The minimum absolute atomic E-state index is 0.0260. The monoisotopic (exact) mass is 422 g/mol. The highest BCUT2D eigenvalue weighted by atomic mass is 16.5. The molecule has 1 aliphatic rings. The van der Waals surface area contributed by atoms with Crippen LogP contribution in [0.15, 0.2) is 72.8 Å². The van der Waals surface area contributed by atoms with Gasteiger partial charge in [0, 0.05) is 11.1 Å². The van der Waals surface area contributed by atoms with Crippen LogP contribution < -0.4 is 0 Å². The van der Waals surface area contributed by atoms with Crippen LogP contribution in [-0.4, -0.2) is 17.7 Å². The van der Waals surface area contributed by atoms with Gasteiger partial charge in [0.2, 0.25) is 0 Å². The summed E-state index contributed by atoms with van der Waals surface area (Å²) in [5.41, 5.74) is 6.68. The van der Waals surface area contributed by atoms with Crippen molar-refractivity contribution in [1.29, 1.82) is 0 Å². The molecule has 0 spiro atoms. The molecule has 0 fully saturated rings. The number of phenols is 1. The van der Waals surface area contributed by atoms with Crippen LogP contribution >= 0.6 is 0 Å². The third kappa shape index (κ3) is 4.31. The molecule has 3 aromatic rings. The first-order chi connectivity index (χ1) is 15.4. The summed E-state index contributed by atoms with van der Waals surface area (Å²) in [6, 6.07) is 20.9. The Hall–Kier alpha value is -3.77. The zero-order chi connectivity index (χ0) is 22.7. The maximum atomic E-state index is 12.2. The molecule has 0 saturated heterocycles. The van der Waals surface area contributed by atoms with Crippen molar-refractivity contribution in [3.63, 3.8) is 0 Å². The van der Waals surface area contributed by atoms with Crippen LogP contribution in [0.3, 0.4) is 0 Å². The number of ether oxygens (including phenoxy) is 1. The van der Waals surface area contributed by atoms with Crippen LogP contribution in [0.2, 0.25) is 0 Å². The number of hydrogen-bond donors (Lipinski definition) is 1. The number of esters is 1. The molecule has 0 radical (unpaired) electrons. The molecule has 3 aromatic carbocycles. The Morgan fingerprint density at radius 3 is 2.53 bits per heavy atom. The normalized spacial score (nSPS) is 13.9.